The molecular formula is C14H26N2O4S. The zero-order valence-corrected chi connectivity index (χ0v) is 14.4. The fourth-order valence-corrected chi connectivity index (χ4v) is 4.46. The molecule has 21 heavy (non-hydrogen) atoms. The van der Waals surface area contributed by atoms with E-state index in [1.54, 1.807) is 25.8 Å². The molecule has 2 amide bonds. The highest BCUT2D eigenvalue weighted by molar-refractivity contribution is 7.91. The topological polar surface area (TPSA) is 74.8 Å². The van der Waals surface area contributed by atoms with Gasteiger partial charge in [0.15, 0.2) is 9.84 Å². The minimum Gasteiger partial charge on any atom is -0.342 e. The molecule has 1 heterocycles. The quantitative estimate of drug-likeness (QED) is 0.693. The van der Waals surface area contributed by atoms with Crippen LogP contribution in [0.5, 0.6) is 0 Å². The summed E-state index contributed by atoms with van der Waals surface area (Å²) >= 11 is 0. The molecule has 1 aliphatic rings. The SMILES string of the molecule is CCN(CC)C(=O)C(C)(C)C(=O)N(C)C1CCS(=O)(=O)C1. The Kier molecular flexibility index (Phi) is 5.41. The summed E-state index contributed by atoms with van der Waals surface area (Å²) in [5, 5.41) is 0. The average molecular weight is 318 g/mol. The van der Waals surface area contributed by atoms with Crippen LogP contribution in [0.4, 0.5) is 0 Å². The Bertz CT molecular complexity index is 509. The molecule has 6 nitrogen and oxygen atoms in total. The molecule has 1 saturated heterocycles. The van der Waals surface area contributed by atoms with Gasteiger partial charge in [0.1, 0.15) is 5.41 Å². The first-order chi connectivity index (χ1) is 9.56. The van der Waals surface area contributed by atoms with Crippen molar-refractivity contribution in [3.05, 3.63) is 0 Å². The van der Waals surface area contributed by atoms with Crippen LogP contribution in [0.15, 0.2) is 0 Å². The number of sulfone groups is 1. The van der Waals surface area contributed by atoms with E-state index in [2.05, 4.69) is 0 Å². The van der Waals surface area contributed by atoms with Crippen molar-refractivity contribution < 1.29 is 18.0 Å². The standard InChI is InChI=1S/C14H26N2O4S/c1-6-16(7-2)13(18)14(3,4)12(17)15(5)11-8-9-21(19,20)10-11/h11H,6-10H2,1-5H3. The Morgan fingerprint density at radius 2 is 1.67 bits per heavy atom. The normalized spacial score (nSPS) is 21.1. The zero-order chi connectivity index (χ0) is 16.4. The van der Waals surface area contributed by atoms with E-state index >= 15 is 0 Å². The van der Waals surface area contributed by atoms with Crippen LogP contribution in [0.3, 0.4) is 0 Å². The number of rotatable bonds is 5. The van der Waals surface area contributed by atoms with Crippen molar-refractivity contribution in [2.24, 2.45) is 5.41 Å². The van der Waals surface area contributed by atoms with Gasteiger partial charge in [-0.05, 0) is 34.1 Å². The average Bonchev–Trinajstić information content (AvgIpc) is 2.78. The third kappa shape index (κ3) is 3.75. The molecule has 1 fully saturated rings. The Hall–Kier alpha value is -1.11. The van der Waals surface area contributed by atoms with Gasteiger partial charge < -0.3 is 9.80 Å². The molecule has 0 bridgehead atoms. The van der Waals surface area contributed by atoms with Crippen molar-refractivity contribution in [3.8, 4) is 0 Å². The van der Waals surface area contributed by atoms with Gasteiger partial charge in [0.25, 0.3) is 0 Å². The molecule has 7 heteroatoms. The lowest BCUT2D eigenvalue weighted by molar-refractivity contribution is -0.154. The van der Waals surface area contributed by atoms with Crippen LogP contribution < -0.4 is 0 Å². The summed E-state index contributed by atoms with van der Waals surface area (Å²) in [4.78, 5) is 28.2. The van der Waals surface area contributed by atoms with Gasteiger partial charge in [-0.1, -0.05) is 0 Å². The lowest BCUT2D eigenvalue weighted by Gasteiger charge is -2.34. The zero-order valence-electron chi connectivity index (χ0n) is 13.5. The van der Waals surface area contributed by atoms with Crippen molar-refractivity contribution in [1.29, 1.82) is 0 Å². The van der Waals surface area contributed by atoms with E-state index in [4.69, 9.17) is 0 Å². The van der Waals surface area contributed by atoms with Crippen LogP contribution >= 0.6 is 0 Å². The summed E-state index contributed by atoms with van der Waals surface area (Å²) in [6.45, 7) is 8.05. The first-order valence-electron chi connectivity index (χ1n) is 7.33. The predicted octanol–water partition coefficient (Wildman–Crippen LogP) is 0.527. The molecule has 122 valence electrons. The van der Waals surface area contributed by atoms with E-state index in [-0.39, 0.29) is 29.4 Å². The molecule has 0 spiro atoms. The van der Waals surface area contributed by atoms with E-state index in [9.17, 15) is 18.0 Å². The van der Waals surface area contributed by atoms with Crippen molar-refractivity contribution in [2.45, 2.75) is 40.2 Å². The van der Waals surface area contributed by atoms with Gasteiger partial charge >= 0.3 is 0 Å². The Labute approximate surface area is 127 Å². The highest BCUT2D eigenvalue weighted by atomic mass is 32.2. The molecule has 0 N–H and O–H groups in total. The molecule has 0 aromatic heterocycles. The molecule has 1 aliphatic heterocycles. The van der Waals surface area contributed by atoms with Crippen LogP contribution in [0, 0.1) is 5.41 Å². The van der Waals surface area contributed by atoms with Crippen molar-refractivity contribution in [2.75, 3.05) is 31.6 Å². The van der Waals surface area contributed by atoms with Gasteiger partial charge in [0, 0.05) is 26.2 Å². The maximum Gasteiger partial charge on any atom is 0.237 e. The van der Waals surface area contributed by atoms with Crippen molar-refractivity contribution >= 4 is 21.7 Å². The van der Waals surface area contributed by atoms with Gasteiger partial charge in [0.05, 0.1) is 11.5 Å². The third-order valence-electron chi connectivity index (χ3n) is 4.20. The number of nitrogens with zero attached hydrogens (tertiary/aromatic N) is 2. The Balaban J connectivity index is 2.88. The monoisotopic (exact) mass is 318 g/mol. The largest absolute Gasteiger partial charge is 0.342 e. The van der Waals surface area contributed by atoms with E-state index in [1.807, 2.05) is 13.8 Å². The minimum atomic E-state index is -3.05. The molecule has 0 aromatic rings. The minimum absolute atomic E-state index is 0.00915. The smallest absolute Gasteiger partial charge is 0.237 e. The number of hydrogen-bond donors (Lipinski definition) is 0. The molecule has 0 aromatic carbocycles. The fraction of sp³-hybridized carbons (Fsp3) is 0.857. The highest BCUT2D eigenvalue weighted by Crippen LogP contribution is 2.26. The molecular weight excluding hydrogens is 292 g/mol. The van der Waals surface area contributed by atoms with Gasteiger partial charge in [-0.3, -0.25) is 9.59 Å². The van der Waals surface area contributed by atoms with Crippen LogP contribution in [-0.2, 0) is 19.4 Å². The first kappa shape index (κ1) is 17.9. The summed E-state index contributed by atoms with van der Waals surface area (Å²) in [5.41, 5.74) is -1.17. The lowest BCUT2D eigenvalue weighted by atomic mass is 9.89. The Morgan fingerprint density at radius 1 is 1.14 bits per heavy atom. The van der Waals surface area contributed by atoms with E-state index in [1.165, 1.54) is 4.90 Å². The van der Waals surface area contributed by atoms with Crippen LogP contribution in [0.1, 0.15) is 34.1 Å². The number of carbonyl (C=O) groups is 2. The van der Waals surface area contributed by atoms with Crippen LogP contribution in [0.25, 0.3) is 0 Å². The van der Waals surface area contributed by atoms with Crippen molar-refractivity contribution in [3.63, 3.8) is 0 Å². The summed E-state index contributed by atoms with van der Waals surface area (Å²) in [7, 11) is -1.47. The van der Waals surface area contributed by atoms with Crippen LogP contribution in [0.2, 0.25) is 0 Å². The summed E-state index contributed by atoms with van der Waals surface area (Å²) < 4.78 is 23.1. The van der Waals surface area contributed by atoms with Gasteiger partial charge in [-0.2, -0.15) is 0 Å². The van der Waals surface area contributed by atoms with E-state index < -0.39 is 15.3 Å². The second kappa shape index (κ2) is 6.34. The van der Waals surface area contributed by atoms with E-state index in [0.29, 0.717) is 19.5 Å². The number of carbonyl (C=O) groups excluding carboxylic acids is 2. The molecule has 1 rings (SSSR count). The second-order valence-corrected chi connectivity index (χ2v) is 8.30. The predicted molar refractivity (Wildman–Crippen MR) is 81.5 cm³/mol. The molecule has 1 unspecified atom stereocenters. The lowest BCUT2D eigenvalue weighted by Crippen LogP contribution is -2.52. The molecule has 0 aliphatic carbocycles. The molecule has 0 radical (unpaired) electrons. The number of amides is 2. The van der Waals surface area contributed by atoms with Crippen molar-refractivity contribution in [1.82, 2.24) is 9.80 Å². The highest BCUT2D eigenvalue weighted by Gasteiger charge is 2.43. The maximum atomic E-state index is 12.6. The van der Waals surface area contributed by atoms with Gasteiger partial charge in [-0.15, -0.1) is 0 Å². The summed E-state index contributed by atoms with van der Waals surface area (Å²) in [6, 6.07) is -0.328. The molecule has 0 saturated carbocycles. The van der Waals surface area contributed by atoms with Crippen LogP contribution in [-0.4, -0.2) is 67.7 Å². The summed E-state index contributed by atoms with van der Waals surface area (Å²) in [5.74, 6) is -0.434. The fourth-order valence-electron chi connectivity index (χ4n) is 2.69. The van der Waals surface area contributed by atoms with Gasteiger partial charge in [-0.25, -0.2) is 8.42 Å². The third-order valence-corrected chi connectivity index (χ3v) is 5.95. The molecule has 1 atom stereocenters. The van der Waals surface area contributed by atoms with Gasteiger partial charge in [0.2, 0.25) is 11.8 Å². The summed E-state index contributed by atoms with van der Waals surface area (Å²) in [6.07, 6.45) is 0.445. The second-order valence-electron chi connectivity index (χ2n) is 6.08. The number of hydrogen-bond acceptors (Lipinski definition) is 4. The maximum absolute atomic E-state index is 12.6. The van der Waals surface area contributed by atoms with E-state index in [0.717, 1.165) is 0 Å². The Morgan fingerprint density at radius 3 is 2.05 bits per heavy atom. The first-order valence-corrected chi connectivity index (χ1v) is 9.16.